The van der Waals surface area contributed by atoms with Gasteiger partial charge >= 0.3 is 0 Å². The summed E-state index contributed by atoms with van der Waals surface area (Å²) in [6, 6.07) is 24.5. The Morgan fingerprint density at radius 2 is 1.57 bits per heavy atom. The summed E-state index contributed by atoms with van der Waals surface area (Å²) in [5.41, 5.74) is 3.70. The minimum atomic E-state index is -0.235. The van der Waals surface area contributed by atoms with E-state index in [2.05, 4.69) is 10.6 Å². The van der Waals surface area contributed by atoms with Crippen LogP contribution in [0.2, 0.25) is 0 Å². The Bertz CT molecular complexity index is 970. The molecule has 0 radical (unpaired) electrons. The number of amides is 2. The molecule has 0 aliphatic rings. The highest BCUT2D eigenvalue weighted by Crippen LogP contribution is 2.30. The van der Waals surface area contributed by atoms with Gasteiger partial charge in [-0.25, -0.2) is 0 Å². The molecule has 0 bridgehead atoms. The van der Waals surface area contributed by atoms with Crippen LogP contribution >= 0.6 is 0 Å². The van der Waals surface area contributed by atoms with E-state index in [1.807, 2.05) is 66.5 Å². The summed E-state index contributed by atoms with van der Waals surface area (Å²) in [5.74, 6) is -0.325. The van der Waals surface area contributed by atoms with Gasteiger partial charge in [0.1, 0.15) is 0 Å². The number of hydrogen-bond donors (Lipinski definition) is 2. The van der Waals surface area contributed by atoms with Crippen LogP contribution in [0, 0.1) is 0 Å². The minimum Gasteiger partial charge on any atom is -0.343 e. The number of nitrogens with one attached hydrogen (secondary N) is 2. The molecule has 0 spiro atoms. The molecule has 0 saturated carbocycles. The van der Waals surface area contributed by atoms with Gasteiger partial charge in [-0.1, -0.05) is 43.3 Å². The van der Waals surface area contributed by atoms with Crippen molar-refractivity contribution in [3.05, 3.63) is 84.4 Å². The van der Waals surface area contributed by atoms with Gasteiger partial charge in [-0.2, -0.15) is 0 Å². The first kappa shape index (κ1) is 19.2. The lowest BCUT2D eigenvalue weighted by Crippen LogP contribution is -2.17. The van der Waals surface area contributed by atoms with Crippen LogP contribution in [0.25, 0.3) is 0 Å². The van der Waals surface area contributed by atoms with E-state index in [1.165, 1.54) is 0 Å². The molecule has 142 valence electrons. The van der Waals surface area contributed by atoms with Crippen LogP contribution in [0.3, 0.4) is 0 Å². The largest absolute Gasteiger partial charge is 0.343 e. The molecule has 0 saturated heterocycles. The van der Waals surface area contributed by atoms with E-state index in [0.717, 1.165) is 11.4 Å². The van der Waals surface area contributed by atoms with E-state index in [-0.39, 0.29) is 11.8 Å². The summed E-state index contributed by atoms with van der Waals surface area (Å²) in [7, 11) is 1.96. The van der Waals surface area contributed by atoms with Crippen LogP contribution in [0.4, 0.5) is 22.7 Å². The predicted octanol–water partition coefficient (Wildman–Crippen LogP) is 5.06. The molecule has 0 aliphatic heterocycles. The Labute approximate surface area is 165 Å². The summed E-state index contributed by atoms with van der Waals surface area (Å²) in [6.07, 6.45) is 0.385. The number of carbonyl (C=O) groups is 2. The summed E-state index contributed by atoms with van der Waals surface area (Å²) < 4.78 is 0. The highest BCUT2D eigenvalue weighted by atomic mass is 16.2. The molecule has 0 atom stereocenters. The van der Waals surface area contributed by atoms with Crippen molar-refractivity contribution in [2.75, 3.05) is 22.6 Å². The topological polar surface area (TPSA) is 61.4 Å². The van der Waals surface area contributed by atoms with Gasteiger partial charge in [0, 0.05) is 30.4 Å². The fraction of sp³-hybridized carbons (Fsp3) is 0.130. The molecule has 3 rings (SSSR count). The molecule has 5 heteroatoms. The first-order valence-corrected chi connectivity index (χ1v) is 9.17. The molecule has 5 nitrogen and oxygen atoms in total. The Kier molecular flexibility index (Phi) is 6.07. The lowest BCUT2D eigenvalue weighted by atomic mass is 10.1. The number of anilines is 4. The van der Waals surface area contributed by atoms with Gasteiger partial charge in [0.15, 0.2) is 0 Å². The third-order valence-corrected chi connectivity index (χ3v) is 4.39. The SMILES string of the molecule is CCC(=O)Nc1cccc(C(=O)Nc2ccccc2N(C)c2ccccc2)c1. The third-order valence-electron chi connectivity index (χ3n) is 4.39. The van der Waals surface area contributed by atoms with Crippen molar-refractivity contribution >= 4 is 34.6 Å². The molecular formula is C23H23N3O2. The van der Waals surface area contributed by atoms with Crippen LogP contribution in [-0.2, 0) is 4.79 Å². The summed E-state index contributed by atoms with van der Waals surface area (Å²) in [4.78, 5) is 26.4. The fourth-order valence-corrected chi connectivity index (χ4v) is 2.84. The van der Waals surface area contributed by atoms with Gasteiger partial charge in [0.25, 0.3) is 5.91 Å². The Morgan fingerprint density at radius 3 is 2.32 bits per heavy atom. The zero-order valence-corrected chi connectivity index (χ0v) is 16.0. The van der Waals surface area contributed by atoms with E-state index in [1.54, 1.807) is 31.2 Å². The van der Waals surface area contributed by atoms with Crippen molar-refractivity contribution in [2.24, 2.45) is 0 Å². The van der Waals surface area contributed by atoms with Gasteiger partial charge in [-0.05, 0) is 42.5 Å². The van der Waals surface area contributed by atoms with Crippen LogP contribution in [0.15, 0.2) is 78.9 Å². The number of carbonyl (C=O) groups excluding carboxylic acids is 2. The van der Waals surface area contributed by atoms with E-state index in [0.29, 0.717) is 23.4 Å². The second-order valence-electron chi connectivity index (χ2n) is 6.35. The van der Waals surface area contributed by atoms with Crippen LogP contribution < -0.4 is 15.5 Å². The monoisotopic (exact) mass is 373 g/mol. The minimum absolute atomic E-state index is 0.0904. The lowest BCUT2D eigenvalue weighted by molar-refractivity contribution is -0.115. The van der Waals surface area contributed by atoms with E-state index >= 15 is 0 Å². The first-order chi connectivity index (χ1) is 13.6. The predicted molar refractivity (Wildman–Crippen MR) is 114 cm³/mol. The van der Waals surface area contributed by atoms with Crippen molar-refractivity contribution in [3.8, 4) is 0 Å². The Balaban J connectivity index is 1.82. The second kappa shape index (κ2) is 8.86. The maximum Gasteiger partial charge on any atom is 0.255 e. The van der Waals surface area contributed by atoms with Crippen LogP contribution in [0.1, 0.15) is 23.7 Å². The highest BCUT2D eigenvalue weighted by molar-refractivity contribution is 6.07. The normalized spacial score (nSPS) is 10.2. The quantitative estimate of drug-likeness (QED) is 0.635. The molecule has 0 aromatic heterocycles. The Hall–Kier alpha value is -3.60. The average Bonchev–Trinajstić information content (AvgIpc) is 2.74. The molecular weight excluding hydrogens is 350 g/mol. The van der Waals surface area contributed by atoms with Gasteiger partial charge in [0.2, 0.25) is 5.91 Å². The van der Waals surface area contributed by atoms with Crippen molar-refractivity contribution in [1.82, 2.24) is 0 Å². The average molecular weight is 373 g/mol. The fourth-order valence-electron chi connectivity index (χ4n) is 2.84. The van der Waals surface area contributed by atoms with Crippen molar-refractivity contribution in [2.45, 2.75) is 13.3 Å². The number of para-hydroxylation sites is 3. The highest BCUT2D eigenvalue weighted by Gasteiger charge is 2.13. The molecule has 3 aromatic rings. The van der Waals surface area contributed by atoms with E-state index < -0.39 is 0 Å². The van der Waals surface area contributed by atoms with Gasteiger partial charge in [-0.15, -0.1) is 0 Å². The molecule has 0 fully saturated rings. The zero-order valence-electron chi connectivity index (χ0n) is 16.0. The van der Waals surface area contributed by atoms with E-state index in [9.17, 15) is 9.59 Å². The molecule has 28 heavy (non-hydrogen) atoms. The Morgan fingerprint density at radius 1 is 0.857 bits per heavy atom. The summed E-state index contributed by atoms with van der Waals surface area (Å²) in [5, 5.41) is 5.75. The standard InChI is InChI=1S/C23H23N3O2/c1-3-22(27)24-18-11-9-10-17(16-18)23(28)25-20-14-7-8-15-21(20)26(2)19-12-5-4-6-13-19/h4-16H,3H2,1-2H3,(H,24,27)(H,25,28). The molecule has 0 aliphatic carbocycles. The van der Waals surface area contributed by atoms with Crippen molar-refractivity contribution in [1.29, 1.82) is 0 Å². The summed E-state index contributed by atoms with van der Waals surface area (Å²) in [6.45, 7) is 1.78. The molecule has 0 unspecified atom stereocenters. The maximum atomic E-state index is 12.8. The molecule has 0 heterocycles. The van der Waals surface area contributed by atoms with Gasteiger partial charge < -0.3 is 15.5 Å². The number of rotatable bonds is 6. The number of hydrogen-bond acceptors (Lipinski definition) is 3. The van der Waals surface area contributed by atoms with E-state index in [4.69, 9.17) is 0 Å². The van der Waals surface area contributed by atoms with Crippen molar-refractivity contribution < 1.29 is 9.59 Å². The zero-order chi connectivity index (χ0) is 19.9. The number of benzene rings is 3. The third kappa shape index (κ3) is 4.57. The summed E-state index contributed by atoms with van der Waals surface area (Å²) >= 11 is 0. The second-order valence-corrected chi connectivity index (χ2v) is 6.35. The molecule has 2 amide bonds. The van der Waals surface area contributed by atoms with Crippen LogP contribution in [0.5, 0.6) is 0 Å². The van der Waals surface area contributed by atoms with Crippen LogP contribution in [-0.4, -0.2) is 18.9 Å². The maximum absolute atomic E-state index is 12.8. The van der Waals surface area contributed by atoms with Crippen molar-refractivity contribution in [3.63, 3.8) is 0 Å². The van der Waals surface area contributed by atoms with Gasteiger partial charge in [-0.3, -0.25) is 9.59 Å². The lowest BCUT2D eigenvalue weighted by Gasteiger charge is -2.22. The first-order valence-electron chi connectivity index (χ1n) is 9.17. The number of nitrogens with zero attached hydrogens (tertiary/aromatic N) is 1. The molecule has 3 aromatic carbocycles. The smallest absolute Gasteiger partial charge is 0.255 e. The molecule has 2 N–H and O–H groups in total. The van der Waals surface area contributed by atoms with Gasteiger partial charge in [0.05, 0.1) is 11.4 Å².